The molecule has 1 aliphatic carbocycles. The zero-order chi connectivity index (χ0) is 13.4. The maximum absolute atomic E-state index is 10.8. The number of nitrogens with one attached hydrogen (secondary N) is 1. The molecule has 0 amide bonds. The Morgan fingerprint density at radius 1 is 1.44 bits per heavy atom. The van der Waals surface area contributed by atoms with Crippen molar-refractivity contribution in [1.82, 2.24) is 5.48 Å². The summed E-state index contributed by atoms with van der Waals surface area (Å²) in [6, 6.07) is 0. The molecule has 0 bridgehead atoms. The van der Waals surface area contributed by atoms with Gasteiger partial charge in [0.15, 0.2) is 6.73 Å². The van der Waals surface area contributed by atoms with E-state index in [9.17, 15) is 10.1 Å². The molecule has 0 aromatic rings. The Hall–Kier alpha value is -0.820. The lowest BCUT2D eigenvalue weighted by Crippen LogP contribution is -2.36. The molecule has 0 saturated heterocycles. The van der Waals surface area contributed by atoms with Gasteiger partial charge in [0, 0.05) is 16.8 Å². The van der Waals surface area contributed by atoms with Gasteiger partial charge in [-0.15, -0.1) is 0 Å². The van der Waals surface area contributed by atoms with Gasteiger partial charge in [-0.25, -0.2) is 4.99 Å². The predicted octanol–water partition coefficient (Wildman–Crippen LogP) is 2.04. The van der Waals surface area contributed by atoms with Crippen molar-refractivity contribution >= 4 is 18.5 Å². The van der Waals surface area contributed by atoms with E-state index in [1.807, 2.05) is 0 Å². The first kappa shape index (κ1) is 15.2. The zero-order valence-electron chi connectivity index (χ0n) is 10.7. The molecule has 104 valence electrons. The third-order valence-corrected chi connectivity index (χ3v) is 3.43. The number of hydroxylamine groups is 1. The smallest absolute Gasteiger partial charge is 0.209 e. The van der Waals surface area contributed by atoms with Crippen LogP contribution in [0, 0.1) is 15.5 Å². The standard InChI is InChI=1S/C10H17N3O3.CH4S/c14-13(15)7-10(4-2-1-3-5-10)6-9-11-8-16-12-9;1-2/h1-8H2,(H,11,12);2H,1H3. The summed E-state index contributed by atoms with van der Waals surface area (Å²) in [7, 11) is 0. The number of hydrogen-bond acceptors (Lipinski definition) is 6. The first-order valence-electron chi connectivity index (χ1n) is 6.18. The van der Waals surface area contributed by atoms with Crippen LogP contribution in [0.4, 0.5) is 0 Å². The second-order valence-electron chi connectivity index (χ2n) is 4.71. The highest BCUT2D eigenvalue weighted by atomic mass is 32.1. The van der Waals surface area contributed by atoms with Gasteiger partial charge in [-0.1, -0.05) is 19.3 Å². The van der Waals surface area contributed by atoms with Gasteiger partial charge in [-0.05, 0) is 19.1 Å². The molecule has 2 aliphatic rings. The van der Waals surface area contributed by atoms with E-state index in [1.165, 1.54) is 6.42 Å². The maximum Gasteiger partial charge on any atom is 0.209 e. The molecule has 0 atom stereocenters. The van der Waals surface area contributed by atoms with Crippen LogP contribution in [-0.2, 0) is 4.84 Å². The summed E-state index contributed by atoms with van der Waals surface area (Å²) in [6.45, 7) is 0.373. The second-order valence-corrected chi connectivity index (χ2v) is 4.71. The second kappa shape index (κ2) is 7.58. The van der Waals surface area contributed by atoms with Crippen LogP contribution in [0.1, 0.15) is 38.5 Å². The minimum Gasteiger partial charge on any atom is -0.265 e. The minimum absolute atomic E-state index is 0.0493. The highest BCUT2D eigenvalue weighted by Gasteiger charge is 2.38. The van der Waals surface area contributed by atoms with Gasteiger partial charge in [-0.2, -0.15) is 12.6 Å². The number of aliphatic imine (C=N–C) groups is 1. The van der Waals surface area contributed by atoms with Crippen molar-refractivity contribution in [2.75, 3.05) is 19.5 Å². The van der Waals surface area contributed by atoms with Gasteiger partial charge >= 0.3 is 0 Å². The fraction of sp³-hybridized carbons (Fsp3) is 0.909. The molecule has 7 heteroatoms. The van der Waals surface area contributed by atoms with Crippen LogP contribution in [0.15, 0.2) is 4.99 Å². The van der Waals surface area contributed by atoms with E-state index in [2.05, 4.69) is 23.1 Å². The summed E-state index contributed by atoms with van der Waals surface area (Å²) in [5.41, 5.74) is 2.52. The fourth-order valence-electron chi connectivity index (χ4n) is 2.67. The van der Waals surface area contributed by atoms with E-state index < -0.39 is 0 Å². The van der Waals surface area contributed by atoms with E-state index in [-0.39, 0.29) is 16.9 Å². The summed E-state index contributed by atoms with van der Waals surface area (Å²) in [5.74, 6) is 0.767. The van der Waals surface area contributed by atoms with Crippen molar-refractivity contribution in [2.45, 2.75) is 38.5 Å². The monoisotopic (exact) mass is 275 g/mol. The Morgan fingerprint density at radius 3 is 2.61 bits per heavy atom. The normalized spacial score (nSPS) is 21.3. The van der Waals surface area contributed by atoms with Gasteiger partial charge in [-0.3, -0.25) is 20.4 Å². The molecule has 1 aliphatic heterocycles. The van der Waals surface area contributed by atoms with Crippen LogP contribution in [0.2, 0.25) is 0 Å². The van der Waals surface area contributed by atoms with E-state index in [0.717, 1.165) is 31.5 Å². The van der Waals surface area contributed by atoms with Crippen molar-refractivity contribution in [1.29, 1.82) is 0 Å². The molecule has 0 aromatic heterocycles. The highest BCUT2D eigenvalue weighted by Crippen LogP contribution is 2.39. The summed E-state index contributed by atoms with van der Waals surface area (Å²) in [4.78, 5) is 19.6. The topological polar surface area (TPSA) is 76.8 Å². The van der Waals surface area contributed by atoms with Gasteiger partial charge < -0.3 is 0 Å². The van der Waals surface area contributed by atoms with Gasteiger partial charge in [0.1, 0.15) is 5.84 Å². The van der Waals surface area contributed by atoms with Crippen LogP contribution in [0.5, 0.6) is 0 Å². The van der Waals surface area contributed by atoms with Crippen molar-refractivity contribution in [2.24, 2.45) is 10.4 Å². The number of rotatable bonds is 4. The summed E-state index contributed by atoms with van der Waals surface area (Å²) in [6.07, 6.45) is 7.55. The number of amidine groups is 1. The lowest BCUT2D eigenvalue weighted by atomic mass is 9.71. The van der Waals surface area contributed by atoms with Crippen LogP contribution in [0.3, 0.4) is 0 Å². The molecule has 1 N–H and O–H groups in total. The molecule has 0 unspecified atom stereocenters. The first-order chi connectivity index (χ1) is 8.70. The van der Waals surface area contributed by atoms with E-state index >= 15 is 0 Å². The molecule has 6 nitrogen and oxygen atoms in total. The molecule has 0 radical (unpaired) electrons. The Labute approximate surface area is 113 Å². The van der Waals surface area contributed by atoms with E-state index in [0.29, 0.717) is 13.2 Å². The third-order valence-electron chi connectivity index (χ3n) is 3.43. The molecule has 2 rings (SSSR count). The molecule has 1 saturated carbocycles. The van der Waals surface area contributed by atoms with Gasteiger partial charge in [0.05, 0.1) is 0 Å². The number of nitrogens with zero attached hydrogens (tertiary/aromatic N) is 2. The molecule has 0 spiro atoms. The minimum atomic E-state index is -0.207. The number of nitro groups is 1. The fourth-order valence-corrected chi connectivity index (χ4v) is 2.67. The SMILES string of the molecule is CS.O=[N+]([O-])CC1(CC2=NCON2)CCCCC1. The zero-order valence-corrected chi connectivity index (χ0v) is 11.6. The quantitative estimate of drug-likeness (QED) is 0.467. The highest BCUT2D eigenvalue weighted by molar-refractivity contribution is 7.79. The van der Waals surface area contributed by atoms with E-state index in [4.69, 9.17) is 4.84 Å². The predicted molar refractivity (Wildman–Crippen MR) is 73.4 cm³/mol. The van der Waals surface area contributed by atoms with E-state index in [1.54, 1.807) is 6.26 Å². The summed E-state index contributed by atoms with van der Waals surface area (Å²) < 4.78 is 0. The average molecular weight is 275 g/mol. The molecule has 0 aromatic carbocycles. The lowest BCUT2D eigenvalue weighted by Gasteiger charge is -2.33. The summed E-state index contributed by atoms with van der Waals surface area (Å²) >= 11 is 3.53. The lowest BCUT2D eigenvalue weighted by molar-refractivity contribution is -0.498. The largest absolute Gasteiger partial charge is 0.265 e. The van der Waals surface area contributed by atoms with Crippen molar-refractivity contribution in [3.05, 3.63) is 10.1 Å². The Bertz CT molecular complexity index is 304. The Morgan fingerprint density at radius 2 is 2.11 bits per heavy atom. The summed E-state index contributed by atoms with van der Waals surface area (Å²) in [5, 5.41) is 10.8. The molecular formula is C11H21N3O3S. The van der Waals surface area contributed by atoms with Gasteiger partial charge in [0.25, 0.3) is 0 Å². The Balaban J connectivity index is 0.000000771. The average Bonchev–Trinajstić information content (AvgIpc) is 2.84. The van der Waals surface area contributed by atoms with Crippen molar-refractivity contribution in [3.8, 4) is 0 Å². The number of hydrogen-bond donors (Lipinski definition) is 2. The van der Waals surface area contributed by atoms with Crippen LogP contribution in [-0.4, -0.2) is 30.3 Å². The third kappa shape index (κ3) is 4.45. The van der Waals surface area contributed by atoms with Crippen LogP contribution >= 0.6 is 12.6 Å². The van der Waals surface area contributed by atoms with Crippen molar-refractivity contribution in [3.63, 3.8) is 0 Å². The van der Waals surface area contributed by atoms with Gasteiger partial charge in [0.2, 0.25) is 6.54 Å². The molecular weight excluding hydrogens is 254 g/mol. The molecule has 1 heterocycles. The van der Waals surface area contributed by atoms with Crippen LogP contribution < -0.4 is 5.48 Å². The molecule has 18 heavy (non-hydrogen) atoms. The maximum atomic E-state index is 10.8. The number of thiol groups is 1. The molecule has 1 fully saturated rings. The Kier molecular flexibility index (Phi) is 6.42. The first-order valence-corrected chi connectivity index (χ1v) is 7.07. The van der Waals surface area contributed by atoms with Crippen LogP contribution in [0.25, 0.3) is 0 Å². The van der Waals surface area contributed by atoms with Crippen molar-refractivity contribution < 1.29 is 9.76 Å².